The van der Waals surface area contributed by atoms with Gasteiger partial charge in [-0.1, -0.05) is 5.16 Å². The van der Waals surface area contributed by atoms with Crippen LogP contribution < -0.4 is 5.73 Å². The van der Waals surface area contributed by atoms with E-state index in [9.17, 15) is 0 Å². The van der Waals surface area contributed by atoms with E-state index in [1.165, 1.54) is 0 Å². The number of hydrogen-bond acceptors (Lipinski definition) is 4. The number of aryl methyl sites for hydroxylation is 1. The lowest BCUT2D eigenvalue weighted by atomic mass is 10.2. The van der Waals surface area contributed by atoms with Gasteiger partial charge in [0.25, 0.3) is 0 Å². The Balaban J connectivity index is 2.62. The summed E-state index contributed by atoms with van der Waals surface area (Å²) in [6.45, 7) is 1.86. The zero-order valence-corrected chi connectivity index (χ0v) is 8.70. The molecule has 16 heavy (non-hydrogen) atoms. The molecular formula is C10H11N5O. The van der Waals surface area contributed by atoms with Gasteiger partial charge in [-0.3, -0.25) is 0 Å². The van der Waals surface area contributed by atoms with Crippen molar-refractivity contribution in [3.63, 3.8) is 0 Å². The van der Waals surface area contributed by atoms with Crippen LogP contribution in [0.15, 0.2) is 35.7 Å². The summed E-state index contributed by atoms with van der Waals surface area (Å²) in [4.78, 5) is 4.31. The Morgan fingerprint density at radius 3 is 2.94 bits per heavy atom. The molecule has 0 saturated carbocycles. The van der Waals surface area contributed by atoms with Crippen LogP contribution in [0.1, 0.15) is 11.3 Å². The summed E-state index contributed by atoms with van der Waals surface area (Å²) in [6, 6.07) is 5.31. The number of nitrogens with two attached hydrogens (primary N) is 1. The molecule has 0 aliphatic rings. The molecule has 3 N–H and O–H groups in total. The molecule has 0 saturated heterocycles. The molecule has 2 aromatic rings. The zero-order valence-electron chi connectivity index (χ0n) is 8.70. The second-order valence-electron chi connectivity index (χ2n) is 3.26. The van der Waals surface area contributed by atoms with E-state index in [0.717, 1.165) is 5.69 Å². The van der Waals surface area contributed by atoms with Gasteiger partial charge in [-0.05, 0) is 25.1 Å². The van der Waals surface area contributed by atoms with E-state index < -0.39 is 0 Å². The number of amidine groups is 1. The zero-order chi connectivity index (χ0) is 11.5. The Hall–Kier alpha value is -2.37. The van der Waals surface area contributed by atoms with Crippen molar-refractivity contribution in [2.75, 3.05) is 0 Å². The first kappa shape index (κ1) is 10.2. The summed E-state index contributed by atoms with van der Waals surface area (Å²) >= 11 is 0. The molecule has 0 aliphatic heterocycles. The Morgan fingerprint density at radius 2 is 2.31 bits per heavy atom. The van der Waals surface area contributed by atoms with Gasteiger partial charge in [-0.2, -0.15) is 5.10 Å². The van der Waals surface area contributed by atoms with E-state index >= 15 is 0 Å². The van der Waals surface area contributed by atoms with Gasteiger partial charge in [-0.15, -0.1) is 0 Å². The number of nitrogens with zero attached hydrogens (tertiary/aromatic N) is 4. The molecule has 0 bridgehead atoms. The molecule has 0 atom stereocenters. The predicted molar refractivity (Wildman–Crippen MR) is 58.6 cm³/mol. The number of aromatic nitrogens is 3. The number of pyridine rings is 1. The third-order valence-electron chi connectivity index (χ3n) is 2.12. The topological polar surface area (TPSA) is 89.3 Å². The summed E-state index contributed by atoms with van der Waals surface area (Å²) in [5.74, 6) is 0.554. The molecule has 0 spiro atoms. The van der Waals surface area contributed by atoms with Crippen LogP contribution in [-0.2, 0) is 0 Å². The molecule has 82 valence electrons. The normalized spacial score (nSPS) is 11.7. The summed E-state index contributed by atoms with van der Waals surface area (Å²) < 4.78 is 1.57. The fraction of sp³-hybridized carbons (Fsp3) is 0.100. The minimum absolute atomic E-state index is 0.0120. The fourth-order valence-electron chi connectivity index (χ4n) is 1.37. The number of hydrogen-bond donors (Lipinski definition) is 2. The second-order valence-corrected chi connectivity index (χ2v) is 3.26. The molecule has 0 amide bonds. The standard InChI is InChI=1S/C10H11N5O/c1-7-3-4-8(9(11)14-16)10(13-7)15-6-2-5-12-15/h2-6,16H,1H3,(H2,11,14). The molecule has 6 heteroatoms. The maximum absolute atomic E-state index is 8.68. The first-order chi connectivity index (χ1) is 7.72. The van der Waals surface area contributed by atoms with Gasteiger partial charge in [0, 0.05) is 18.1 Å². The van der Waals surface area contributed by atoms with Gasteiger partial charge >= 0.3 is 0 Å². The highest BCUT2D eigenvalue weighted by Crippen LogP contribution is 2.11. The van der Waals surface area contributed by atoms with Crippen LogP contribution in [0.5, 0.6) is 0 Å². The van der Waals surface area contributed by atoms with Crippen molar-refractivity contribution in [2.24, 2.45) is 10.9 Å². The SMILES string of the molecule is Cc1ccc(C(N)=NO)c(-n2cccn2)n1. The maximum atomic E-state index is 8.68. The molecule has 0 aromatic carbocycles. The van der Waals surface area contributed by atoms with Crippen LogP contribution >= 0.6 is 0 Å². The molecule has 0 aliphatic carbocycles. The molecule has 0 radical (unpaired) electrons. The van der Waals surface area contributed by atoms with Crippen molar-refractivity contribution in [1.82, 2.24) is 14.8 Å². The summed E-state index contributed by atoms with van der Waals surface area (Å²) in [6.07, 6.45) is 3.38. The van der Waals surface area contributed by atoms with E-state index in [1.807, 2.05) is 6.92 Å². The van der Waals surface area contributed by atoms with Gasteiger partial charge in [0.1, 0.15) is 0 Å². The minimum atomic E-state index is 0.0120. The molecule has 6 nitrogen and oxygen atoms in total. The summed E-state index contributed by atoms with van der Waals surface area (Å²) in [5, 5.41) is 15.7. The van der Waals surface area contributed by atoms with Crippen LogP contribution in [-0.4, -0.2) is 25.8 Å². The highest BCUT2D eigenvalue weighted by Gasteiger charge is 2.10. The largest absolute Gasteiger partial charge is 0.409 e. The first-order valence-electron chi connectivity index (χ1n) is 4.68. The monoisotopic (exact) mass is 217 g/mol. The van der Waals surface area contributed by atoms with E-state index in [1.54, 1.807) is 35.3 Å². The minimum Gasteiger partial charge on any atom is -0.409 e. The fourth-order valence-corrected chi connectivity index (χ4v) is 1.37. The third kappa shape index (κ3) is 1.72. The van der Waals surface area contributed by atoms with Crippen molar-refractivity contribution < 1.29 is 5.21 Å². The number of rotatable bonds is 2. The van der Waals surface area contributed by atoms with Gasteiger partial charge in [0.2, 0.25) is 0 Å². The van der Waals surface area contributed by atoms with Crippen LogP contribution in [0.4, 0.5) is 0 Å². The Morgan fingerprint density at radius 1 is 1.50 bits per heavy atom. The molecule has 0 unspecified atom stereocenters. The van der Waals surface area contributed by atoms with Crippen molar-refractivity contribution in [3.05, 3.63) is 41.9 Å². The maximum Gasteiger partial charge on any atom is 0.173 e. The van der Waals surface area contributed by atoms with Crippen molar-refractivity contribution in [3.8, 4) is 5.82 Å². The van der Waals surface area contributed by atoms with Gasteiger partial charge in [0.05, 0.1) is 5.56 Å². The van der Waals surface area contributed by atoms with E-state index in [2.05, 4.69) is 15.2 Å². The van der Waals surface area contributed by atoms with Gasteiger partial charge in [0.15, 0.2) is 11.7 Å². The quantitative estimate of drug-likeness (QED) is 0.335. The average Bonchev–Trinajstić information content (AvgIpc) is 2.81. The van der Waals surface area contributed by atoms with Crippen LogP contribution in [0.3, 0.4) is 0 Å². The Labute approximate surface area is 92.0 Å². The first-order valence-corrected chi connectivity index (χ1v) is 4.68. The van der Waals surface area contributed by atoms with Crippen molar-refractivity contribution in [1.29, 1.82) is 0 Å². The third-order valence-corrected chi connectivity index (χ3v) is 2.12. The Kier molecular flexibility index (Phi) is 2.55. The van der Waals surface area contributed by atoms with Gasteiger partial charge in [-0.25, -0.2) is 9.67 Å². The molecular weight excluding hydrogens is 206 g/mol. The predicted octanol–water partition coefficient (Wildman–Crippen LogP) is 0.670. The van der Waals surface area contributed by atoms with E-state index in [0.29, 0.717) is 11.4 Å². The molecule has 2 aromatic heterocycles. The van der Waals surface area contributed by atoms with Crippen molar-refractivity contribution >= 4 is 5.84 Å². The lowest BCUT2D eigenvalue weighted by molar-refractivity contribution is 0.318. The van der Waals surface area contributed by atoms with Crippen molar-refractivity contribution in [2.45, 2.75) is 6.92 Å². The lowest BCUT2D eigenvalue weighted by Crippen LogP contribution is -2.18. The smallest absolute Gasteiger partial charge is 0.173 e. The van der Waals surface area contributed by atoms with E-state index in [-0.39, 0.29) is 5.84 Å². The van der Waals surface area contributed by atoms with Crippen LogP contribution in [0, 0.1) is 6.92 Å². The number of oxime groups is 1. The highest BCUT2D eigenvalue weighted by atomic mass is 16.4. The lowest BCUT2D eigenvalue weighted by Gasteiger charge is -2.07. The molecule has 2 rings (SSSR count). The average molecular weight is 217 g/mol. The Bertz CT molecular complexity index is 518. The molecule has 2 heterocycles. The highest BCUT2D eigenvalue weighted by molar-refractivity contribution is 5.99. The van der Waals surface area contributed by atoms with E-state index in [4.69, 9.17) is 10.9 Å². The van der Waals surface area contributed by atoms with Crippen LogP contribution in [0.2, 0.25) is 0 Å². The van der Waals surface area contributed by atoms with Crippen LogP contribution in [0.25, 0.3) is 5.82 Å². The second kappa shape index (κ2) is 4.01. The summed E-state index contributed by atoms with van der Waals surface area (Å²) in [7, 11) is 0. The van der Waals surface area contributed by atoms with Gasteiger partial charge < -0.3 is 10.9 Å². The molecule has 0 fully saturated rings. The summed E-state index contributed by atoms with van der Waals surface area (Å²) in [5.41, 5.74) is 6.94.